The lowest BCUT2D eigenvalue weighted by Crippen LogP contribution is -2.31. The Morgan fingerprint density at radius 2 is 1.61 bits per heavy atom. The minimum atomic E-state index is -3.81. The highest BCUT2D eigenvalue weighted by molar-refractivity contribution is 7.92. The SMILES string of the molecule is Cc1cc(C)c(C)c(S(=O)(=O)Nc2ccc(N3CCC(C)(C(=O)O)C3)c3ccccc23)c1C. The van der Waals surface area contributed by atoms with E-state index in [1.54, 1.807) is 13.0 Å². The maximum absolute atomic E-state index is 13.5. The minimum Gasteiger partial charge on any atom is -0.481 e. The molecular weight excluding hydrogens is 436 g/mol. The van der Waals surface area contributed by atoms with Crippen LogP contribution in [0, 0.1) is 33.1 Å². The van der Waals surface area contributed by atoms with E-state index in [2.05, 4.69) is 9.62 Å². The van der Waals surface area contributed by atoms with Gasteiger partial charge in [-0.05, 0) is 75.4 Å². The van der Waals surface area contributed by atoms with Crippen LogP contribution in [0.15, 0.2) is 47.4 Å². The summed E-state index contributed by atoms with van der Waals surface area (Å²) in [5.74, 6) is -0.794. The van der Waals surface area contributed by atoms with Gasteiger partial charge in [0.05, 0.1) is 16.0 Å². The number of rotatable bonds is 5. The van der Waals surface area contributed by atoms with Gasteiger partial charge >= 0.3 is 5.97 Å². The normalized spacial score (nSPS) is 18.6. The number of sulfonamides is 1. The smallest absolute Gasteiger partial charge is 0.311 e. The molecule has 1 heterocycles. The molecule has 6 nitrogen and oxygen atoms in total. The molecule has 2 N–H and O–H groups in total. The first-order valence-corrected chi connectivity index (χ1v) is 12.5. The molecule has 0 saturated carbocycles. The van der Waals surface area contributed by atoms with Crippen LogP contribution in [0.3, 0.4) is 0 Å². The molecule has 4 rings (SSSR count). The van der Waals surface area contributed by atoms with E-state index in [9.17, 15) is 18.3 Å². The number of carboxylic acids is 1. The maximum Gasteiger partial charge on any atom is 0.311 e. The number of hydrogen-bond acceptors (Lipinski definition) is 4. The molecule has 0 spiro atoms. The molecule has 0 aliphatic carbocycles. The first-order chi connectivity index (χ1) is 15.4. The second kappa shape index (κ2) is 8.06. The van der Waals surface area contributed by atoms with Crippen molar-refractivity contribution in [2.24, 2.45) is 5.41 Å². The van der Waals surface area contributed by atoms with E-state index in [0.29, 0.717) is 30.1 Å². The topological polar surface area (TPSA) is 86.7 Å². The number of anilines is 2. The number of carbonyl (C=O) groups is 1. The summed E-state index contributed by atoms with van der Waals surface area (Å²) in [6.07, 6.45) is 0.566. The highest BCUT2D eigenvalue weighted by Crippen LogP contribution is 2.39. The molecule has 1 unspecified atom stereocenters. The minimum absolute atomic E-state index is 0.324. The van der Waals surface area contributed by atoms with E-state index in [0.717, 1.165) is 38.7 Å². The van der Waals surface area contributed by atoms with Crippen LogP contribution in [0.2, 0.25) is 0 Å². The Bertz CT molecular complexity index is 1350. The van der Waals surface area contributed by atoms with Crippen molar-refractivity contribution in [3.8, 4) is 0 Å². The zero-order valence-electron chi connectivity index (χ0n) is 19.7. The van der Waals surface area contributed by atoms with Crippen LogP contribution in [-0.4, -0.2) is 32.6 Å². The van der Waals surface area contributed by atoms with Crippen molar-refractivity contribution in [3.63, 3.8) is 0 Å². The van der Waals surface area contributed by atoms with Crippen LogP contribution < -0.4 is 9.62 Å². The van der Waals surface area contributed by atoms with Gasteiger partial charge in [-0.2, -0.15) is 0 Å². The van der Waals surface area contributed by atoms with Crippen molar-refractivity contribution in [3.05, 3.63) is 64.7 Å². The van der Waals surface area contributed by atoms with Gasteiger partial charge in [0.2, 0.25) is 0 Å². The number of aliphatic carboxylic acids is 1. The number of fused-ring (bicyclic) bond motifs is 1. The maximum atomic E-state index is 13.5. The summed E-state index contributed by atoms with van der Waals surface area (Å²) in [4.78, 5) is 14.1. The number of hydrogen-bond donors (Lipinski definition) is 2. The Hall–Kier alpha value is -3.06. The van der Waals surface area contributed by atoms with Crippen LogP contribution in [0.4, 0.5) is 11.4 Å². The monoisotopic (exact) mass is 466 g/mol. The highest BCUT2D eigenvalue weighted by atomic mass is 32.2. The van der Waals surface area contributed by atoms with Crippen molar-refractivity contribution in [1.29, 1.82) is 0 Å². The number of nitrogens with zero attached hydrogens (tertiary/aromatic N) is 1. The van der Waals surface area contributed by atoms with Crippen LogP contribution in [-0.2, 0) is 14.8 Å². The van der Waals surface area contributed by atoms with E-state index in [-0.39, 0.29) is 0 Å². The summed E-state index contributed by atoms with van der Waals surface area (Å²) >= 11 is 0. The fourth-order valence-electron chi connectivity index (χ4n) is 4.77. The molecule has 3 aromatic rings. The van der Waals surface area contributed by atoms with Crippen molar-refractivity contribution in [1.82, 2.24) is 0 Å². The molecule has 1 atom stereocenters. The predicted molar refractivity (Wildman–Crippen MR) is 133 cm³/mol. The molecule has 0 amide bonds. The third-order valence-corrected chi connectivity index (χ3v) is 8.68. The lowest BCUT2D eigenvalue weighted by atomic mass is 9.90. The van der Waals surface area contributed by atoms with Crippen molar-refractivity contribution in [2.75, 3.05) is 22.7 Å². The molecule has 7 heteroatoms. The van der Waals surface area contributed by atoms with Crippen LogP contribution in [0.1, 0.15) is 35.6 Å². The summed E-state index contributed by atoms with van der Waals surface area (Å²) in [6.45, 7) is 10.3. The third-order valence-electron chi connectivity index (χ3n) is 7.04. The Kier molecular flexibility index (Phi) is 5.65. The Balaban J connectivity index is 1.78. The van der Waals surface area contributed by atoms with Crippen LogP contribution in [0.5, 0.6) is 0 Å². The van der Waals surface area contributed by atoms with Gasteiger partial charge in [-0.1, -0.05) is 30.3 Å². The molecule has 3 aromatic carbocycles. The third kappa shape index (κ3) is 3.95. The highest BCUT2D eigenvalue weighted by Gasteiger charge is 2.41. The zero-order chi connectivity index (χ0) is 24.1. The summed E-state index contributed by atoms with van der Waals surface area (Å²) in [5.41, 5.74) is 4.00. The summed E-state index contributed by atoms with van der Waals surface area (Å²) in [6, 6.07) is 13.3. The van der Waals surface area contributed by atoms with Crippen molar-refractivity contribution >= 4 is 38.1 Å². The van der Waals surface area contributed by atoms with Gasteiger partial charge in [-0.15, -0.1) is 0 Å². The zero-order valence-corrected chi connectivity index (χ0v) is 20.5. The van der Waals surface area contributed by atoms with Gasteiger partial charge in [0, 0.05) is 29.5 Å². The summed E-state index contributed by atoms with van der Waals surface area (Å²) in [7, 11) is -3.81. The number of nitrogens with one attached hydrogen (secondary N) is 1. The molecule has 0 radical (unpaired) electrons. The molecule has 0 bridgehead atoms. The second-order valence-electron chi connectivity index (χ2n) is 9.41. The van der Waals surface area contributed by atoms with Gasteiger partial charge in [0.1, 0.15) is 0 Å². The molecule has 1 aliphatic rings. The lowest BCUT2D eigenvalue weighted by Gasteiger charge is -2.24. The largest absolute Gasteiger partial charge is 0.481 e. The summed E-state index contributed by atoms with van der Waals surface area (Å²) < 4.78 is 29.8. The van der Waals surface area contributed by atoms with E-state index in [4.69, 9.17) is 0 Å². The number of aryl methyl sites for hydroxylation is 2. The van der Waals surface area contributed by atoms with E-state index < -0.39 is 21.4 Å². The fraction of sp³-hybridized carbons (Fsp3) is 0.346. The average molecular weight is 467 g/mol. The van der Waals surface area contributed by atoms with Gasteiger partial charge < -0.3 is 10.0 Å². The Morgan fingerprint density at radius 3 is 2.18 bits per heavy atom. The van der Waals surface area contributed by atoms with E-state index in [1.165, 1.54) is 0 Å². The van der Waals surface area contributed by atoms with Gasteiger partial charge in [0.15, 0.2) is 0 Å². The molecule has 1 aliphatic heterocycles. The first-order valence-electron chi connectivity index (χ1n) is 11.0. The fourth-order valence-corrected chi connectivity index (χ4v) is 6.47. The van der Waals surface area contributed by atoms with Gasteiger partial charge in [-0.3, -0.25) is 9.52 Å². The average Bonchev–Trinajstić information content (AvgIpc) is 3.16. The Morgan fingerprint density at radius 1 is 1.00 bits per heavy atom. The molecule has 0 aromatic heterocycles. The molecule has 33 heavy (non-hydrogen) atoms. The lowest BCUT2D eigenvalue weighted by molar-refractivity contribution is -0.146. The van der Waals surface area contributed by atoms with Crippen molar-refractivity contribution < 1.29 is 18.3 Å². The van der Waals surface area contributed by atoms with Gasteiger partial charge in [-0.25, -0.2) is 8.42 Å². The quantitative estimate of drug-likeness (QED) is 0.541. The number of carboxylic acid groups (broad SMARTS) is 1. The molecular formula is C26H30N2O4S. The standard InChI is InChI=1S/C26H30N2O4S/c1-16-14-17(2)19(4)24(18(16)3)33(31,32)27-22-10-11-23(21-9-7-6-8-20(21)22)28-13-12-26(5,15-28)25(29)30/h6-11,14,27H,12-13,15H2,1-5H3,(H,29,30). The second-order valence-corrected chi connectivity index (χ2v) is 11.0. The molecule has 174 valence electrons. The predicted octanol–water partition coefficient (Wildman–Crippen LogP) is 5.18. The van der Waals surface area contributed by atoms with Gasteiger partial charge in [0.25, 0.3) is 10.0 Å². The first kappa shape index (κ1) is 23.1. The van der Waals surface area contributed by atoms with E-state index in [1.807, 2.05) is 64.1 Å². The van der Waals surface area contributed by atoms with E-state index >= 15 is 0 Å². The van der Waals surface area contributed by atoms with Crippen LogP contribution >= 0.6 is 0 Å². The van der Waals surface area contributed by atoms with Crippen molar-refractivity contribution in [2.45, 2.75) is 45.9 Å². The van der Waals surface area contributed by atoms with Crippen LogP contribution in [0.25, 0.3) is 10.8 Å². The number of benzene rings is 3. The molecule has 1 saturated heterocycles. The summed E-state index contributed by atoms with van der Waals surface area (Å²) in [5, 5.41) is 11.3. The molecule has 1 fully saturated rings. The Labute approximate surface area is 195 Å².